The molecule has 1 unspecified atom stereocenters. The summed E-state index contributed by atoms with van der Waals surface area (Å²) in [6.45, 7) is 2.72. The van der Waals surface area contributed by atoms with Crippen molar-refractivity contribution in [3.05, 3.63) is 24.3 Å². The molecule has 0 spiro atoms. The minimum atomic E-state index is -4.16. The minimum Gasteiger partial charge on any atom is -0.480 e. The highest BCUT2D eigenvalue weighted by Gasteiger charge is 2.26. The largest absolute Gasteiger partial charge is 0.480 e. The monoisotopic (exact) mass is 392 g/mol. The fraction of sp³-hybridized carbons (Fsp3) is 0.429. The third kappa shape index (κ3) is 6.80. The first-order valence-corrected chi connectivity index (χ1v) is 10.6. The SMILES string of the molecule is CCS(=O)(=O)CCC(NS(=O)(=O)c1ccc(NC(C)=O)cc1)C(=O)O. The van der Waals surface area contributed by atoms with Crippen molar-refractivity contribution >= 4 is 37.4 Å². The van der Waals surface area contributed by atoms with E-state index in [9.17, 15) is 26.4 Å². The van der Waals surface area contributed by atoms with Crippen molar-refractivity contribution < 1.29 is 31.5 Å². The summed E-state index contributed by atoms with van der Waals surface area (Å²) >= 11 is 0. The van der Waals surface area contributed by atoms with Crippen LogP contribution in [0.2, 0.25) is 0 Å². The summed E-state index contributed by atoms with van der Waals surface area (Å²) in [6, 6.07) is 3.55. The van der Waals surface area contributed by atoms with Gasteiger partial charge in [-0.15, -0.1) is 0 Å². The van der Waals surface area contributed by atoms with Crippen LogP contribution >= 0.6 is 0 Å². The Morgan fingerprint density at radius 2 is 1.68 bits per heavy atom. The molecular weight excluding hydrogens is 372 g/mol. The van der Waals surface area contributed by atoms with Crippen molar-refractivity contribution in [1.29, 1.82) is 0 Å². The predicted octanol–water partition coefficient (Wildman–Crippen LogP) is 0.201. The van der Waals surface area contributed by atoms with Crippen molar-refractivity contribution in [1.82, 2.24) is 4.72 Å². The molecule has 11 heteroatoms. The number of nitrogens with one attached hydrogen (secondary N) is 2. The Morgan fingerprint density at radius 1 is 1.12 bits per heavy atom. The smallest absolute Gasteiger partial charge is 0.321 e. The fourth-order valence-corrected chi connectivity index (χ4v) is 3.96. The first-order valence-electron chi connectivity index (χ1n) is 7.30. The molecule has 0 aliphatic carbocycles. The summed E-state index contributed by atoms with van der Waals surface area (Å²) < 4.78 is 49.5. The Morgan fingerprint density at radius 3 is 2.12 bits per heavy atom. The second-order valence-electron chi connectivity index (χ2n) is 5.24. The Kier molecular flexibility index (Phi) is 7.08. The summed E-state index contributed by atoms with van der Waals surface area (Å²) in [6.07, 6.45) is -0.380. The quantitative estimate of drug-likeness (QED) is 0.544. The van der Waals surface area contributed by atoms with Gasteiger partial charge in [0.25, 0.3) is 0 Å². The fourth-order valence-electron chi connectivity index (χ4n) is 1.85. The van der Waals surface area contributed by atoms with Gasteiger partial charge in [-0.05, 0) is 30.7 Å². The maximum atomic E-state index is 12.3. The van der Waals surface area contributed by atoms with Crippen LogP contribution in [-0.2, 0) is 29.4 Å². The molecule has 0 saturated heterocycles. The number of sulfonamides is 1. The van der Waals surface area contributed by atoms with Gasteiger partial charge in [-0.3, -0.25) is 9.59 Å². The molecule has 0 fully saturated rings. The van der Waals surface area contributed by atoms with E-state index in [1.165, 1.54) is 38.1 Å². The van der Waals surface area contributed by atoms with Crippen molar-refractivity contribution in [3.8, 4) is 0 Å². The summed E-state index contributed by atoms with van der Waals surface area (Å²) in [4.78, 5) is 22.0. The Balaban J connectivity index is 2.92. The van der Waals surface area contributed by atoms with E-state index < -0.39 is 37.6 Å². The molecule has 0 radical (unpaired) electrons. The molecule has 1 atom stereocenters. The molecule has 25 heavy (non-hydrogen) atoms. The van der Waals surface area contributed by atoms with Crippen molar-refractivity contribution in [3.63, 3.8) is 0 Å². The first kappa shape index (κ1) is 21.1. The van der Waals surface area contributed by atoms with E-state index in [-0.39, 0.29) is 23.0 Å². The normalized spacial score (nSPS) is 13.2. The van der Waals surface area contributed by atoms with Crippen LogP contribution in [-0.4, -0.2) is 51.4 Å². The zero-order valence-electron chi connectivity index (χ0n) is 13.7. The lowest BCUT2D eigenvalue weighted by Crippen LogP contribution is -2.41. The van der Waals surface area contributed by atoms with Gasteiger partial charge in [-0.2, -0.15) is 4.72 Å². The molecule has 0 aliphatic heterocycles. The average molecular weight is 392 g/mol. The van der Waals surface area contributed by atoms with Crippen molar-refractivity contribution in [2.75, 3.05) is 16.8 Å². The predicted molar refractivity (Wildman–Crippen MR) is 91.4 cm³/mol. The third-order valence-electron chi connectivity index (χ3n) is 3.24. The van der Waals surface area contributed by atoms with Crippen LogP contribution in [0.15, 0.2) is 29.2 Å². The van der Waals surface area contributed by atoms with E-state index in [1.807, 2.05) is 4.72 Å². The molecule has 140 valence electrons. The highest BCUT2D eigenvalue weighted by Crippen LogP contribution is 2.15. The number of carboxylic acids is 1. The number of anilines is 1. The highest BCUT2D eigenvalue weighted by atomic mass is 32.2. The van der Waals surface area contributed by atoms with Gasteiger partial charge in [-0.25, -0.2) is 16.8 Å². The van der Waals surface area contributed by atoms with Gasteiger partial charge >= 0.3 is 5.97 Å². The Bertz CT molecular complexity index is 830. The van der Waals surface area contributed by atoms with Crippen LogP contribution in [0.4, 0.5) is 5.69 Å². The number of carbonyl (C=O) groups is 2. The Labute approximate surface area is 146 Å². The standard InChI is InChI=1S/C14H20N2O7S2/c1-3-24(20,21)9-8-13(14(18)19)16-25(22,23)12-6-4-11(5-7-12)15-10(2)17/h4-7,13,16H,3,8-9H2,1-2H3,(H,15,17)(H,18,19). The van der Waals surface area contributed by atoms with E-state index >= 15 is 0 Å². The molecule has 1 rings (SSSR count). The molecule has 0 bridgehead atoms. The lowest BCUT2D eigenvalue weighted by atomic mass is 10.2. The number of sulfone groups is 1. The minimum absolute atomic E-state index is 0.156. The number of amides is 1. The van der Waals surface area contributed by atoms with E-state index in [0.29, 0.717) is 5.69 Å². The maximum absolute atomic E-state index is 12.3. The number of hydrogen-bond acceptors (Lipinski definition) is 6. The molecule has 0 aliphatic rings. The molecule has 9 nitrogen and oxygen atoms in total. The second kappa shape index (κ2) is 8.41. The molecule has 3 N–H and O–H groups in total. The summed E-state index contributed by atoms with van der Waals surface area (Å²) in [5.41, 5.74) is 0.385. The average Bonchev–Trinajstić information content (AvgIpc) is 2.51. The van der Waals surface area contributed by atoms with Gasteiger partial charge < -0.3 is 10.4 Å². The van der Waals surface area contributed by atoms with Crippen LogP contribution in [0.1, 0.15) is 20.3 Å². The molecule has 0 saturated carbocycles. The van der Waals surface area contributed by atoms with Crippen LogP contribution in [0.3, 0.4) is 0 Å². The third-order valence-corrected chi connectivity index (χ3v) is 6.46. The zero-order chi connectivity index (χ0) is 19.3. The van der Waals surface area contributed by atoms with Gasteiger partial charge in [-0.1, -0.05) is 6.92 Å². The molecule has 0 aromatic heterocycles. The van der Waals surface area contributed by atoms with Crippen LogP contribution in [0.25, 0.3) is 0 Å². The lowest BCUT2D eigenvalue weighted by molar-refractivity contribution is -0.139. The molecular formula is C14H20N2O7S2. The van der Waals surface area contributed by atoms with Gasteiger partial charge in [0.05, 0.1) is 10.6 Å². The van der Waals surface area contributed by atoms with Crippen LogP contribution in [0, 0.1) is 0 Å². The van der Waals surface area contributed by atoms with E-state index in [0.717, 1.165) is 0 Å². The summed E-state index contributed by atoms with van der Waals surface area (Å²) in [5, 5.41) is 11.6. The van der Waals surface area contributed by atoms with Crippen LogP contribution in [0.5, 0.6) is 0 Å². The van der Waals surface area contributed by atoms with Gasteiger partial charge in [0.15, 0.2) is 0 Å². The van der Waals surface area contributed by atoms with E-state index in [1.54, 1.807) is 0 Å². The van der Waals surface area contributed by atoms with E-state index in [2.05, 4.69) is 5.32 Å². The Hall–Kier alpha value is -1.98. The van der Waals surface area contributed by atoms with Crippen molar-refractivity contribution in [2.24, 2.45) is 0 Å². The topological polar surface area (TPSA) is 147 Å². The number of carboxylic acid groups (broad SMARTS) is 1. The number of hydrogen-bond donors (Lipinski definition) is 3. The first-order chi connectivity index (χ1) is 11.5. The number of carbonyl (C=O) groups excluding carboxylic acids is 1. The molecule has 1 aromatic rings. The molecule has 0 heterocycles. The number of aliphatic carboxylic acids is 1. The van der Waals surface area contributed by atoms with E-state index in [4.69, 9.17) is 5.11 Å². The summed E-state index contributed by atoms with van der Waals surface area (Å²) in [7, 11) is -7.59. The van der Waals surface area contributed by atoms with Gasteiger partial charge in [0.1, 0.15) is 15.9 Å². The summed E-state index contributed by atoms with van der Waals surface area (Å²) in [5.74, 6) is -2.39. The lowest BCUT2D eigenvalue weighted by Gasteiger charge is -2.15. The van der Waals surface area contributed by atoms with Gasteiger partial charge in [0.2, 0.25) is 15.9 Å². The highest BCUT2D eigenvalue weighted by molar-refractivity contribution is 7.91. The van der Waals surface area contributed by atoms with Crippen molar-refractivity contribution in [2.45, 2.75) is 31.2 Å². The zero-order valence-corrected chi connectivity index (χ0v) is 15.4. The molecule has 1 amide bonds. The second-order valence-corrected chi connectivity index (χ2v) is 9.43. The van der Waals surface area contributed by atoms with Gasteiger partial charge in [0, 0.05) is 18.4 Å². The maximum Gasteiger partial charge on any atom is 0.321 e. The molecule has 1 aromatic carbocycles. The van der Waals surface area contributed by atoms with Crippen LogP contribution < -0.4 is 10.0 Å². The number of benzene rings is 1. The number of rotatable bonds is 9.